The molecule has 0 bridgehead atoms. The SMILES string of the molecule is COc1ccc(OC)c(C=CC(=O)OCC(=O)N2CC(C)CC(C)C2)c1. The molecule has 1 aliphatic heterocycles. The molecule has 0 N–H and O–H groups in total. The van der Waals surface area contributed by atoms with Crippen LogP contribution in [0.15, 0.2) is 24.3 Å². The van der Waals surface area contributed by atoms with E-state index >= 15 is 0 Å². The van der Waals surface area contributed by atoms with Gasteiger partial charge in [0.15, 0.2) is 6.61 Å². The van der Waals surface area contributed by atoms with Crippen LogP contribution in [0.3, 0.4) is 0 Å². The molecule has 6 nitrogen and oxygen atoms in total. The lowest BCUT2D eigenvalue weighted by atomic mass is 9.92. The molecule has 0 aromatic heterocycles. The number of esters is 1. The first-order valence-electron chi connectivity index (χ1n) is 8.77. The van der Waals surface area contributed by atoms with E-state index in [0.717, 1.165) is 19.5 Å². The zero-order chi connectivity index (χ0) is 19.1. The van der Waals surface area contributed by atoms with Gasteiger partial charge in [0, 0.05) is 24.7 Å². The fraction of sp³-hybridized carbons (Fsp3) is 0.500. The third-order valence-corrected chi connectivity index (χ3v) is 4.40. The number of benzene rings is 1. The summed E-state index contributed by atoms with van der Waals surface area (Å²) >= 11 is 0. The minimum atomic E-state index is -0.568. The maximum atomic E-state index is 12.2. The second-order valence-corrected chi connectivity index (χ2v) is 6.79. The number of hydrogen-bond donors (Lipinski definition) is 0. The first-order valence-corrected chi connectivity index (χ1v) is 8.77. The Bertz CT molecular complexity index is 660. The molecule has 1 saturated heterocycles. The van der Waals surface area contributed by atoms with Crippen molar-refractivity contribution in [3.8, 4) is 11.5 Å². The van der Waals surface area contributed by atoms with Crippen LogP contribution < -0.4 is 9.47 Å². The highest BCUT2D eigenvalue weighted by Crippen LogP contribution is 2.25. The molecule has 0 radical (unpaired) electrons. The predicted octanol–water partition coefficient (Wildman–Crippen LogP) is 2.76. The average Bonchev–Trinajstić information content (AvgIpc) is 2.63. The Morgan fingerprint density at radius 1 is 1.15 bits per heavy atom. The zero-order valence-electron chi connectivity index (χ0n) is 15.9. The zero-order valence-corrected chi connectivity index (χ0v) is 15.9. The summed E-state index contributed by atoms with van der Waals surface area (Å²) in [5.74, 6) is 1.49. The van der Waals surface area contributed by atoms with Crippen molar-refractivity contribution in [2.45, 2.75) is 20.3 Å². The van der Waals surface area contributed by atoms with Crippen LogP contribution in [-0.4, -0.2) is 50.7 Å². The lowest BCUT2D eigenvalue weighted by Crippen LogP contribution is -2.44. The van der Waals surface area contributed by atoms with Gasteiger partial charge in [-0.05, 0) is 42.5 Å². The van der Waals surface area contributed by atoms with Crippen LogP contribution in [0.4, 0.5) is 0 Å². The van der Waals surface area contributed by atoms with Gasteiger partial charge in [-0.1, -0.05) is 13.8 Å². The molecule has 0 spiro atoms. The van der Waals surface area contributed by atoms with Crippen molar-refractivity contribution >= 4 is 18.0 Å². The average molecular weight is 361 g/mol. The van der Waals surface area contributed by atoms with E-state index in [9.17, 15) is 9.59 Å². The van der Waals surface area contributed by atoms with Gasteiger partial charge in [-0.3, -0.25) is 4.79 Å². The lowest BCUT2D eigenvalue weighted by Gasteiger charge is -2.34. The Balaban J connectivity index is 1.90. The van der Waals surface area contributed by atoms with E-state index in [0.29, 0.717) is 28.9 Å². The van der Waals surface area contributed by atoms with Crippen LogP contribution in [-0.2, 0) is 14.3 Å². The van der Waals surface area contributed by atoms with Crippen LogP contribution in [0.5, 0.6) is 11.5 Å². The van der Waals surface area contributed by atoms with Gasteiger partial charge in [0.1, 0.15) is 11.5 Å². The third-order valence-electron chi connectivity index (χ3n) is 4.40. The van der Waals surface area contributed by atoms with Gasteiger partial charge in [0.25, 0.3) is 5.91 Å². The van der Waals surface area contributed by atoms with Crippen molar-refractivity contribution in [2.75, 3.05) is 33.9 Å². The largest absolute Gasteiger partial charge is 0.497 e. The number of carbonyl (C=O) groups is 2. The summed E-state index contributed by atoms with van der Waals surface area (Å²) in [6, 6.07) is 5.28. The first kappa shape index (κ1) is 19.8. The van der Waals surface area contributed by atoms with Gasteiger partial charge in [-0.25, -0.2) is 4.79 Å². The summed E-state index contributed by atoms with van der Waals surface area (Å²) in [6.07, 6.45) is 3.99. The number of amides is 1. The molecular weight excluding hydrogens is 334 g/mol. The molecule has 2 unspecified atom stereocenters. The van der Waals surface area contributed by atoms with Crippen molar-refractivity contribution in [1.82, 2.24) is 4.90 Å². The summed E-state index contributed by atoms with van der Waals surface area (Å²) in [5.41, 5.74) is 0.689. The van der Waals surface area contributed by atoms with Crippen molar-refractivity contribution in [1.29, 1.82) is 0 Å². The minimum absolute atomic E-state index is 0.149. The summed E-state index contributed by atoms with van der Waals surface area (Å²) in [6.45, 7) is 5.46. The van der Waals surface area contributed by atoms with Crippen molar-refractivity contribution < 1.29 is 23.8 Å². The van der Waals surface area contributed by atoms with Gasteiger partial charge in [-0.15, -0.1) is 0 Å². The number of rotatable bonds is 6. The predicted molar refractivity (Wildman–Crippen MR) is 99.1 cm³/mol. The molecule has 1 aromatic carbocycles. The molecule has 2 atom stereocenters. The van der Waals surface area contributed by atoms with Gasteiger partial charge in [0.05, 0.1) is 14.2 Å². The molecule has 1 heterocycles. The molecule has 1 aromatic rings. The van der Waals surface area contributed by atoms with E-state index in [1.165, 1.54) is 6.08 Å². The van der Waals surface area contributed by atoms with Crippen LogP contribution in [0.1, 0.15) is 25.8 Å². The number of nitrogens with zero attached hydrogens (tertiary/aromatic N) is 1. The first-order chi connectivity index (χ1) is 12.4. The van der Waals surface area contributed by atoms with Crippen LogP contribution in [0.25, 0.3) is 6.08 Å². The van der Waals surface area contributed by atoms with Gasteiger partial charge in [0.2, 0.25) is 0 Å². The Kier molecular flexibility index (Phi) is 7.06. The molecule has 6 heteroatoms. The fourth-order valence-electron chi connectivity index (χ4n) is 3.27. The number of methoxy groups -OCH3 is 2. The van der Waals surface area contributed by atoms with Crippen molar-refractivity contribution in [2.24, 2.45) is 11.8 Å². The van der Waals surface area contributed by atoms with Crippen LogP contribution >= 0.6 is 0 Å². The standard InChI is InChI=1S/C20H27NO5/c1-14-9-15(2)12-21(11-14)19(22)13-26-20(23)8-5-16-10-17(24-3)6-7-18(16)25-4/h5-8,10,14-15H,9,11-13H2,1-4H3. The van der Waals surface area contributed by atoms with E-state index in [1.807, 2.05) is 0 Å². The van der Waals surface area contributed by atoms with E-state index in [4.69, 9.17) is 14.2 Å². The minimum Gasteiger partial charge on any atom is -0.497 e. The molecule has 2 rings (SSSR count). The highest BCUT2D eigenvalue weighted by molar-refractivity contribution is 5.89. The maximum Gasteiger partial charge on any atom is 0.331 e. The summed E-state index contributed by atoms with van der Waals surface area (Å²) in [4.78, 5) is 26.0. The molecule has 0 saturated carbocycles. The van der Waals surface area contributed by atoms with E-state index in [-0.39, 0.29) is 12.5 Å². The maximum absolute atomic E-state index is 12.2. The monoisotopic (exact) mass is 361 g/mol. The summed E-state index contributed by atoms with van der Waals surface area (Å²) < 4.78 is 15.5. The second kappa shape index (κ2) is 9.27. The molecule has 26 heavy (non-hydrogen) atoms. The quantitative estimate of drug-likeness (QED) is 0.576. The van der Waals surface area contributed by atoms with Crippen LogP contribution in [0, 0.1) is 11.8 Å². The van der Waals surface area contributed by atoms with Crippen molar-refractivity contribution in [3.63, 3.8) is 0 Å². The van der Waals surface area contributed by atoms with Gasteiger partial charge in [-0.2, -0.15) is 0 Å². The third kappa shape index (κ3) is 5.51. The molecular formula is C20H27NO5. The Morgan fingerprint density at radius 3 is 2.46 bits per heavy atom. The molecule has 1 amide bonds. The number of likely N-dealkylation sites (tertiary alicyclic amines) is 1. The Morgan fingerprint density at radius 2 is 1.85 bits per heavy atom. The molecule has 0 aliphatic carbocycles. The van der Waals surface area contributed by atoms with Crippen molar-refractivity contribution in [3.05, 3.63) is 29.8 Å². The number of carbonyl (C=O) groups excluding carboxylic acids is 2. The fourth-order valence-corrected chi connectivity index (χ4v) is 3.27. The molecule has 142 valence electrons. The second-order valence-electron chi connectivity index (χ2n) is 6.79. The normalized spacial score (nSPS) is 20.1. The summed E-state index contributed by atoms with van der Waals surface area (Å²) in [5, 5.41) is 0. The van der Waals surface area contributed by atoms with Gasteiger partial charge < -0.3 is 19.1 Å². The number of piperidine rings is 1. The van der Waals surface area contributed by atoms with E-state index in [1.54, 1.807) is 43.4 Å². The number of hydrogen-bond acceptors (Lipinski definition) is 5. The molecule has 1 fully saturated rings. The highest BCUT2D eigenvalue weighted by atomic mass is 16.5. The number of ether oxygens (including phenoxy) is 3. The Hall–Kier alpha value is -2.50. The lowest BCUT2D eigenvalue weighted by molar-refractivity contribution is -0.149. The summed E-state index contributed by atoms with van der Waals surface area (Å²) in [7, 11) is 3.12. The van der Waals surface area contributed by atoms with E-state index < -0.39 is 5.97 Å². The molecule has 1 aliphatic rings. The van der Waals surface area contributed by atoms with E-state index in [2.05, 4.69) is 13.8 Å². The van der Waals surface area contributed by atoms with Crippen LogP contribution in [0.2, 0.25) is 0 Å². The highest BCUT2D eigenvalue weighted by Gasteiger charge is 2.25. The Labute approximate surface area is 154 Å². The van der Waals surface area contributed by atoms with Gasteiger partial charge >= 0.3 is 5.97 Å². The smallest absolute Gasteiger partial charge is 0.331 e. The topological polar surface area (TPSA) is 65.1 Å².